The van der Waals surface area contributed by atoms with Gasteiger partial charge in [-0.05, 0) is 49.2 Å². The third-order valence-electron chi connectivity index (χ3n) is 6.55. The van der Waals surface area contributed by atoms with Crippen LogP contribution in [0.1, 0.15) is 11.1 Å². The van der Waals surface area contributed by atoms with Gasteiger partial charge in [-0.3, -0.25) is 4.90 Å². The summed E-state index contributed by atoms with van der Waals surface area (Å²) < 4.78 is 23.6. The van der Waals surface area contributed by atoms with Crippen LogP contribution in [0.3, 0.4) is 0 Å². The smallest absolute Gasteiger partial charge is 0.411 e. The van der Waals surface area contributed by atoms with Gasteiger partial charge in [0, 0.05) is 11.6 Å². The standard InChI is InChI=1S/C28H25N5O6S/c1-14-7-18(24-19(8-14)31-22(37-4)11-30-24)27-32-23-15(2)9-20-25(26(23)40-27)38-13-17(39-20)12-33(28(34)35)16-5-6-21(36-3)29-10-16/h5-11,17H,12-13H2,1-4H3,(H,34,35)/t17-/m1/s1. The number of anilines is 1. The number of aryl methyl sites for hydroxylation is 2. The van der Waals surface area contributed by atoms with E-state index in [0.29, 0.717) is 28.9 Å². The molecule has 0 spiro atoms. The SMILES string of the molecule is COc1ccc(N(C[C@@H]2COc3c(cc(C)c4nc(-c5cc(C)cc6nc(OC)cnc56)sc34)O2)C(=O)O)cn1. The van der Waals surface area contributed by atoms with Crippen molar-refractivity contribution in [3.8, 4) is 33.8 Å². The summed E-state index contributed by atoms with van der Waals surface area (Å²) in [6, 6.07) is 9.14. The summed E-state index contributed by atoms with van der Waals surface area (Å²) >= 11 is 1.49. The van der Waals surface area contributed by atoms with Gasteiger partial charge in [0.1, 0.15) is 16.3 Å². The molecule has 0 fully saturated rings. The molecule has 0 unspecified atom stereocenters. The summed E-state index contributed by atoms with van der Waals surface area (Å²) in [5.41, 5.74) is 5.50. The molecule has 6 rings (SSSR count). The number of pyridine rings is 1. The molecule has 4 heterocycles. The summed E-state index contributed by atoms with van der Waals surface area (Å²) in [6.07, 6.45) is 1.40. The summed E-state index contributed by atoms with van der Waals surface area (Å²) in [5.74, 6) is 1.99. The molecular weight excluding hydrogens is 534 g/mol. The third-order valence-corrected chi connectivity index (χ3v) is 7.64. The summed E-state index contributed by atoms with van der Waals surface area (Å²) in [5, 5.41) is 10.6. The fourth-order valence-corrected chi connectivity index (χ4v) is 5.81. The molecule has 40 heavy (non-hydrogen) atoms. The molecule has 2 aromatic carbocycles. The number of thiazole rings is 1. The molecule has 1 aliphatic heterocycles. The van der Waals surface area contributed by atoms with E-state index >= 15 is 0 Å². The molecule has 1 N–H and O–H groups in total. The van der Waals surface area contributed by atoms with Crippen LogP contribution in [-0.4, -0.2) is 64.6 Å². The Kier molecular flexibility index (Phi) is 6.46. The maximum absolute atomic E-state index is 12.0. The van der Waals surface area contributed by atoms with Gasteiger partial charge < -0.3 is 24.1 Å². The molecule has 204 valence electrons. The van der Waals surface area contributed by atoms with E-state index in [2.05, 4.69) is 15.0 Å². The lowest BCUT2D eigenvalue weighted by atomic mass is 10.1. The largest absolute Gasteiger partial charge is 0.484 e. The van der Waals surface area contributed by atoms with Crippen LogP contribution in [0.15, 0.2) is 42.7 Å². The average molecular weight is 560 g/mol. The Bertz CT molecular complexity index is 1760. The number of rotatable bonds is 6. The van der Waals surface area contributed by atoms with Gasteiger partial charge >= 0.3 is 6.09 Å². The van der Waals surface area contributed by atoms with Gasteiger partial charge in [0.25, 0.3) is 0 Å². The Balaban J connectivity index is 1.33. The lowest BCUT2D eigenvalue weighted by Crippen LogP contribution is -2.43. The summed E-state index contributed by atoms with van der Waals surface area (Å²) in [6.45, 7) is 4.20. The number of aromatic nitrogens is 4. The van der Waals surface area contributed by atoms with Crippen LogP contribution >= 0.6 is 11.3 Å². The second-order valence-electron chi connectivity index (χ2n) is 9.31. The number of amides is 1. The van der Waals surface area contributed by atoms with Crippen LogP contribution in [0, 0.1) is 13.8 Å². The Morgan fingerprint density at radius 2 is 1.90 bits per heavy atom. The maximum atomic E-state index is 12.0. The van der Waals surface area contributed by atoms with Crippen LogP contribution in [0.5, 0.6) is 23.3 Å². The van der Waals surface area contributed by atoms with Crippen molar-refractivity contribution in [3.63, 3.8) is 0 Å². The normalized spacial score (nSPS) is 14.3. The Morgan fingerprint density at radius 1 is 1.07 bits per heavy atom. The van der Waals surface area contributed by atoms with E-state index in [1.54, 1.807) is 25.4 Å². The van der Waals surface area contributed by atoms with Gasteiger partial charge in [0.05, 0.1) is 55.4 Å². The molecule has 3 aromatic heterocycles. The lowest BCUT2D eigenvalue weighted by Gasteiger charge is -2.30. The number of benzene rings is 2. The van der Waals surface area contributed by atoms with Gasteiger partial charge in [-0.25, -0.2) is 24.7 Å². The molecule has 0 aliphatic carbocycles. The molecule has 1 aliphatic rings. The first-order valence-corrected chi connectivity index (χ1v) is 13.2. The highest BCUT2D eigenvalue weighted by molar-refractivity contribution is 7.22. The van der Waals surface area contributed by atoms with Crippen molar-refractivity contribution >= 4 is 44.4 Å². The number of ether oxygens (including phenoxy) is 4. The van der Waals surface area contributed by atoms with Crippen LogP contribution in [0.2, 0.25) is 0 Å². The van der Waals surface area contributed by atoms with E-state index in [0.717, 1.165) is 42.9 Å². The minimum atomic E-state index is -1.12. The molecule has 0 saturated carbocycles. The van der Waals surface area contributed by atoms with Crippen molar-refractivity contribution in [2.75, 3.05) is 32.3 Å². The number of fused-ring (bicyclic) bond motifs is 4. The van der Waals surface area contributed by atoms with Crippen molar-refractivity contribution in [3.05, 3.63) is 53.9 Å². The second-order valence-corrected chi connectivity index (χ2v) is 10.3. The first kappa shape index (κ1) is 25.6. The average Bonchev–Trinajstić information content (AvgIpc) is 3.41. The number of carbonyl (C=O) groups is 1. The van der Waals surface area contributed by atoms with Crippen molar-refractivity contribution in [2.24, 2.45) is 0 Å². The van der Waals surface area contributed by atoms with Gasteiger partial charge in [-0.2, -0.15) is 0 Å². The predicted molar refractivity (Wildman–Crippen MR) is 150 cm³/mol. The predicted octanol–water partition coefficient (Wildman–Crippen LogP) is 5.26. The Labute approximate surface area is 233 Å². The van der Waals surface area contributed by atoms with Gasteiger partial charge in [0.2, 0.25) is 11.8 Å². The molecular formula is C28H25N5O6S. The molecule has 1 amide bonds. The summed E-state index contributed by atoms with van der Waals surface area (Å²) in [7, 11) is 3.06. The highest BCUT2D eigenvalue weighted by Gasteiger charge is 2.30. The second kappa shape index (κ2) is 10.1. The molecule has 0 radical (unpaired) electrons. The van der Waals surface area contributed by atoms with Gasteiger partial charge in [-0.15, -0.1) is 11.3 Å². The topological polar surface area (TPSA) is 129 Å². The van der Waals surface area contributed by atoms with Crippen molar-refractivity contribution in [1.29, 1.82) is 0 Å². The van der Waals surface area contributed by atoms with E-state index in [1.807, 2.05) is 32.0 Å². The van der Waals surface area contributed by atoms with E-state index in [4.69, 9.17) is 23.9 Å². The van der Waals surface area contributed by atoms with E-state index in [9.17, 15) is 9.90 Å². The van der Waals surface area contributed by atoms with Crippen molar-refractivity contribution in [1.82, 2.24) is 19.9 Å². The number of nitrogens with zero attached hydrogens (tertiary/aromatic N) is 5. The number of carboxylic acid groups (broad SMARTS) is 1. The minimum absolute atomic E-state index is 0.0607. The number of methoxy groups -OCH3 is 2. The quantitative estimate of drug-likeness (QED) is 0.294. The van der Waals surface area contributed by atoms with Crippen molar-refractivity contribution < 1.29 is 28.8 Å². The van der Waals surface area contributed by atoms with Gasteiger partial charge in [0.15, 0.2) is 17.6 Å². The van der Waals surface area contributed by atoms with Gasteiger partial charge in [-0.1, -0.05) is 0 Å². The molecule has 1 atom stereocenters. The van der Waals surface area contributed by atoms with E-state index in [1.165, 1.54) is 29.5 Å². The first-order chi connectivity index (χ1) is 19.3. The molecule has 11 nitrogen and oxygen atoms in total. The van der Waals surface area contributed by atoms with Crippen LogP contribution in [-0.2, 0) is 0 Å². The highest BCUT2D eigenvalue weighted by atomic mass is 32.1. The molecule has 0 saturated heterocycles. The monoisotopic (exact) mass is 559 g/mol. The lowest BCUT2D eigenvalue weighted by molar-refractivity contribution is 0.0961. The zero-order valence-corrected chi connectivity index (χ0v) is 23.0. The molecule has 5 aromatic rings. The van der Waals surface area contributed by atoms with E-state index < -0.39 is 12.2 Å². The summed E-state index contributed by atoms with van der Waals surface area (Å²) in [4.78, 5) is 31.4. The fourth-order valence-electron chi connectivity index (χ4n) is 4.66. The fraction of sp³-hybridized carbons (Fsp3) is 0.250. The van der Waals surface area contributed by atoms with Crippen LogP contribution in [0.25, 0.3) is 31.8 Å². The molecule has 0 bridgehead atoms. The zero-order chi connectivity index (χ0) is 28.0. The number of hydrogen-bond acceptors (Lipinski definition) is 10. The molecule has 12 heteroatoms. The number of hydrogen-bond donors (Lipinski definition) is 1. The Hall–Kier alpha value is -4.71. The van der Waals surface area contributed by atoms with Crippen molar-refractivity contribution in [2.45, 2.75) is 20.0 Å². The Morgan fingerprint density at radius 3 is 2.62 bits per heavy atom. The highest BCUT2D eigenvalue weighted by Crippen LogP contribution is 2.46. The van der Waals surface area contributed by atoms with E-state index in [-0.39, 0.29) is 13.2 Å². The zero-order valence-electron chi connectivity index (χ0n) is 22.2. The van der Waals surface area contributed by atoms with Crippen LogP contribution < -0.4 is 23.8 Å². The first-order valence-electron chi connectivity index (χ1n) is 12.4. The minimum Gasteiger partial charge on any atom is -0.484 e. The maximum Gasteiger partial charge on any atom is 0.411 e. The third kappa shape index (κ3) is 4.56. The van der Waals surface area contributed by atoms with Crippen LogP contribution in [0.4, 0.5) is 10.5 Å².